The first-order valence-electron chi connectivity index (χ1n) is 1.60. The van der Waals surface area contributed by atoms with Gasteiger partial charge in [-0.05, 0) is 0 Å². The standard InChI is InChI=1S/C3H7NOS/c4-3(1-5)2-6/h1,3,6H,2,4H2/p-1. The third-order valence-electron chi connectivity index (χ3n) is 0.367. The second-order valence-electron chi connectivity index (χ2n) is 0.967. The fraction of sp³-hybridized carbons (Fsp3) is 0.667. The molecule has 0 aliphatic rings. The number of aldehydes is 1. The second-order valence-corrected chi connectivity index (χ2v) is 1.30. The van der Waals surface area contributed by atoms with Gasteiger partial charge in [-0.25, -0.2) is 0 Å². The van der Waals surface area contributed by atoms with Crippen molar-refractivity contribution < 1.29 is 4.79 Å². The summed E-state index contributed by atoms with van der Waals surface area (Å²) < 4.78 is 0. The highest BCUT2D eigenvalue weighted by molar-refractivity contribution is 7.58. The number of nitrogens with two attached hydrogens (primary N) is 1. The van der Waals surface area contributed by atoms with E-state index in [1.807, 2.05) is 0 Å². The Balaban J connectivity index is 2.96. The summed E-state index contributed by atoms with van der Waals surface area (Å²) >= 11 is 4.42. The molecular weight excluding hydrogens is 98.1 g/mol. The molecule has 0 radical (unpaired) electrons. The predicted octanol–water partition coefficient (Wildman–Crippen LogP) is -0.941. The second kappa shape index (κ2) is 3.18. The molecule has 0 saturated carbocycles. The van der Waals surface area contributed by atoms with E-state index in [1.165, 1.54) is 0 Å². The van der Waals surface area contributed by atoms with E-state index >= 15 is 0 Å². The Kier molecular flexibility index (Phi) is 3.17. The van der Waals surface area contributed by atoms with Crippen molar-refractivity contribution in [2.75, 3.05) is 5.75 Å². The topological polar surface area (TPSA) is 43.1 Å². The lowest BCUT2D eigenvalue weighted by Crippen LogP contribution is -2.24. The van der Waals surface area contributed by atoms with Gasteiger partial charge in [0.1, 0.15) is 6.29 Å². The third-order valence-corrected chi connectivity index (χ3v) is 0.752. The van der Waals surface area contributed by atoms with Gasteiger partial charge in [0.05, 0.1) is 0 Å². The van der Waals surface area contributed by atoms with Crippen molar-refractivity contribution in [1.82, 2.24) is 0 Å². The maximum absolute atomic E-state index is 9.54. The Bertz CT molecular complexity index is 48.1. The first-order chi connectivity index (χ1) is 2.81. The molecule has 0 heterocycles. The minimum Gasteiger partial charge on any atom is -0.791 e. The van der Waals surface area contributed by atoms with E-state index in [9.17, 15) is 4.79 Å². The van der Waals surface area contributed by atoms with E-state index in [-0.39, 0.29) is 0 Å². The molecule has 0 aromatic rings. The van der Waals surface area contributed by atoms with Gasteiger partial charge in [0.25, 0.3) is 0 Å². The van der Waals surface area contributed by atoms with Crippen LogP contribution in [0.25, 0.3) is 0 Å². The van der Waals surface area contributed by atoms with Gasteiger partial charge in [-0.15, -0.1) is 0 Å². The van der Waals surface area contributed by atoms with Crippen LogP contribution in [0, 0.1) is 0 Å². The van der Waals surface area contributed by atoms with Crippen LogP contribution in [0.2, 0.25) is 0 Å². The average molecular weight is 104 g/mol. The van der Waals surface area contributed by atoms with Gasteiger partial charge in [-0.3, -0.25) is 0 Å². The molecule has 0 fully saturated rings. The first kappa shape index (κ1) is 5.98. The molecule has 2 N–H and O–H groups in total. The smallest absolute Gasteiger partial charge is 0.134 e. The highest BCUT2D eigenvalue weighted by atomic mass is 32.1. The molecule has 0 rings (SSSR count). The van der Waals surface area contributed by atoms with Crippen LogP contribution in [-0.2, 0) is 17.4 Å². The van der Waals surface area contributed by atoms with Crippen molar-refractivity contribution in [2.45, 2.75) is 6.04 Å². The quantitative estimate of drug-likeness (QED) is 0.363. The van der Waals surface area contributed by atoms with Crippen molar-refractivity contribution in [3.8, 4) is 0 Å². The summed E-state index contributed by atoms with van der Waals surface area (Å²) in [6.07, 6.45) is 0.646. The molecule has 0 spiro atoms. The number of carbonyl (C=O) groups is 1. The summed E-state index contributed by atoms with van der Waals surface area (Å²) in [6.45, 7) is 0. The summed E-state index contributed by atoms with van der Waals surface area (Å²) in [5.74, 6) is 0.323. The Hall–Kier alpha value is -0.0200. The number of hydrogen-bond donors (Lipinski definition) is 1. The lowest BCUT2D eigenvalue weighted by atomic mass is 10.4. The molecule has 0 aromatic carbocycles. The van der Waals surface area contributed by atoms with Crippen LogP contribution in [0.4, 0.5) is 0 Å². The van der Waals surface area contributed by atoms with Gasteiger partial charge >= 0.3 is 0 Å². The van der Waals surface area contributed by atoms with Crippen molar-refractivity contribution in [2.24, 2.45) is 5.73 Å². The zero-order chi connectivity index (χ0) is 4.99. The molecule has 1 atom stereocenters. The Morgan fingerprint density at radius 3 is 2.50 bits per heavy atom. The molecular formula is C3H6NOS-. The molecule has 0 saturated heterocycles. The van der Waals surface area contributed by atoms with Gasteiger partial charge in [-0.1, -0.05) is 0 Å². The monoisotopic (exact) mass is 104 g/mol. The highest BCUT2D eigenvalue weighted by Gasteiger charge is 1.82. The van der Waals surface area contributed by atoms with Crippen molar-refractivity contribution in [1.29, 1.82) is 0 Å². The third kappa shape index (κ3) is 2.23. The molecule has 0 bridgehead atoms. The van der Waals surface area contributed by atoms with E-state index < -0.39 is 6.04 Å². The maximum atomic E-state index is 9.54. The van der Waals surface area contributed by atoms with Crippen LogP contribution in [-0.4, -0.2) is 18.1 Å². The molecule has 6 heavy (non-hydrogen) atoms. The van der Waals surface area contributed by atoms with Crippen LogP contribution in [0.15, 0.2) is 0 Å². The molecule has 36 valence electrons. The van der Waals surface area contributed by atoms with Gasteiger partial charge in [-0.2, -0.15) is 5.75 Å². The van der Waals surface area contributed by atoms with Crippen LogP contribution in [0.3, 0.4) is 0 Å². The lowest BCUT2D eigenvalue weighted by molar-refractivity contribution is -0.108. The minimum atomic E-state index is -0.431. The minimum absolute atomic E-state index is 0.323. The largest absolute Gasteiger partial charge is 0.791 e. The Morgan fingerprint density at radius 1 is 2.00 bits per heavy atom. The summed E-state index contributed by atoms with van der Waals surface area (Å²) in [5.41, 5.74) is 5.00. The van der Waals surface area contributed by atoms with Crippen LogP contribution >= 0.6 is 0 Å². The van der Waals surface area contributed by atoms with Gasteiger partial charge in [0.15, 0.2) is 0 Å². The van der Waals surface area contributed by atoms with Crippen molar-refractivity contribution in [3.63, 3.8) is 0 Å². The first-order valence-corrected chi connectivity index (χ1v) is 2.18. The highest BCUT2D eigenvalue weighted by Crippen LogP contribution is 1.62. The molecule has 3 heteroatoms. The van der Waals surface area contributed by atoms with E-state index in [1.54, 1.807) is 0 Å². The summed E-state index contributed by atoms with van der Waals surface area (Å²) in [5, 5.41) is 0. The molecule has 0 aromatic heterocycles. The number of carbonyl (C=O) groups excluding carboxylic acids is 1. The van der Waals surface area contributed by atoms with E-state index in [0.29, 0.717) is 12.0 Å². The van der Waals surface area contributed by atoms with E-state index in [0.717, 1.165) is 0 Å². The number of rotatable bonds is 2. The molecule has 0 aliphatic heterocycles. The molecule has 2 nitrogen and oxygen atoms in total. The molecule has 1 unspecified atom stereocenters. The Labute approximate surface area is 42.1 Å². The van der Waals surface area contributed by atoms with E-state index in [4.69, 9.17) is 5.73 Å². The zero-order valence-electron chi connectivity index (χ0n) is 3.26. The summed E-state index contributed by atoms with van der Waals surface area (Å²) in [4.78, 5) is 9.54. The molecule has 0 amide bonds. The average Bonchev–Trinajstić information content (AvgIpc) is 1.65. The summed E-state index contributed by atoms with van der Waals surface area (Å²) in [7, 11) is 0. The van der Waals surface area contributed by atoms with Crippen molar-refractivity contribution >= 4 is 18.9 Å². The van der Waals surface area contributed by atoms with Gasteiger partial charge in [0.2, 0.25) is 0 Å². The van der Waals surface area contributed by atoms with Crippen molar-refractivity contribution in [3.05, 3.63) is 0 Å². The summed E-state index contributed by atoms with van der Waals surface area (Å²) in [6, 6.07) is -0.431. The fourth-order valence-corrected chi connectivity index (χ4v) is 0.118. The predicted molar refractivity (Wildman–Crippen MR) is 26.3 cm³/mol. The van der Waals surface area contributed by atoms with E-state index in [2.05, 4.69) is 12.6 Å². The SMILES string of the molecule is NC(C=O)C[S-]. The number of hydrogen-bond acceptors (Lipinski definition) is 3. The van der Waals surface area contributed by atoms with Gasteiger partial charge < -0.3 is 23.2 Å². The van der Waals surface area contributed by atoms with Gasteiger partial charge in [0, 0.05) is 6.04 Å². The van der Waals surface area contributed by atoms with Crippen LogP contribution in [0.5, 0.6) is 0 Å². The maximum Gasteiger partial charge on any atom is 0.134 e. The Morgan fingerprint density at radius 2 is 2.50 bits per heavy atom. The normalized spacial score (nSPS) is 13.7. The van der Waals surface area contributed by atoms with Crippen LogP contribution < -0.4 is 5.73 Å². The van der Waals surface area contributed by atoms with Crippen LogP contribution in [0.1, 0.15) is 0 Å². The molecule has 0 aliphatic carbocycles. The fourth-order valence-electron chi connectivity index (χ4n) is 0.0393. The lowest BCUT2D eigenvalue weighted by Gasteiger charge is -2.02. The zero-order valence-corrected chi connectivity index (χ0v) is 4.07.